The molecule has 2 aromatic carbocycles. The van der Waals surface area contributed by atoms with E-state index >= 15 is 4.39 Å². The smallest absolute Gasteiger partial charge is 0.416 e. The lowest BCUT2D eigenvalue weighted by Crippen LogP contribution is -2.44. The molecule has 1 saturated carbocycles. The molecule has 2 aliphatic rings. The fraction of sp³-hybridized carbons (Fsp3) is 0.320. The number of fused-ring (bicyclic) bond motifs is 1. The summed E-state index contributed by atoms with van der Waals surface area (Å²) in [7, 11) is 0. The van der Waals surface area contributed by atoms with E-state index in [-0.39, 0.29) is 17.0 Å². The Hall–Kier alpha value is -3.89. The average Bonchev–Trinajstić information content (AvgIpc) is 3.68. The summed E-state index contributed by atoms with van der Waals surface area (Å²) in [6.45, 7) is 1.80. The number of hydrogen-bond acceptors (Lipinski definition) is 5. The van der Waals surface area contributed by atoms with E-state index in [2.05, 4.69) is 5.10 Å². The van der Waals surface area contributed by atoms with Crippen LogP contribution < -0.4 is 10.3 Å². The summed E-state index contributed by atoms with van der Waals surface area (Å²) in [6.07, 6.45) is 0.162. The fourth-order valence-corrected chi connectivity index (χ4v) is 4.37. The van der Waals surface area contributed by atoms with Crippen molar-refractivity contribution in [3.05, 3.63) is 75.3 Å². The van der Waals surface area contributed by atoms with Gasteiger partial charge in [0.15, 0.2) is 0 Å². The third kappa shape index (κ3) is 4.65. The van der Waals surface area contributed by atoms with Crippen molar-refractivity contribution >= 4 is 28.8 Å². The van der Waals surface area contributed by atoms with Crippen LogP contribution in [0.5, 0.6) is 0 Å². The fourth-order valence-electron chi connectivity index (χ4n) is 4.37. The molecule has 3 aromatic rings. The summed E-state index contributed by atoms with van der Waals surface area (Å²) < 4.78 is 55.0. The SMILES string of the molecule is O=C(O)c1cn(C2CC2)c2cc(N3CCN(/N=C/c4ccc(C(F)(F)F)cc4)CC3)c(F)cc2c1=O. The number of aromatic carboxylic acids is 1. The van der Waals surface area contributed by atoms with Crippen LogP contribution in [0.15, 0.2) is 52.5 Å². The number of carboxylic acid groups (broad SMARTS) is 1. The van der Waals surface area contributed by atoms with Gasteiger partial charge in [-0.15, -0.1) is 0 Å². The zero-order valence-electron chi connectivity index (χ0n) is 19.0. The van der Waals surface area contributed by atoms with Crippen molar-refractivity contribution in [1.82, 2.24) is 9.58 Å². The van der Waals surface area contributed by atoms with Crippen molar-refractivity contribution in [3.8, 4) is 0 Å². The quantitative estimate of drug-likeness (QED) is 0.415. The van der Waals surface area contributed by atoms with Gasteiger partial charge in [0, 0.05) is 30.7 Å². The summed E-state index contributed by atoms with van der Waals surface area (Å²) in [5.74, 6) is -1.94. The molecule has 1 saturated heterocycles. The maximum absolute atomic E-state index is 15.1. The standard InChI is InChI=1S/C25H22F4N4O3/c26-20-11-18-21(33(17-5-6-17)14-19(23(18)34)24(35)36)12-22(20)31-7-9-32(10-8-31)30-13-15-1-3-16(4-2-15)25(27,28)29/h1-4,11-14,17H,5-10H2,(H,35,36)/b30-13+. The molecule has 2 heterocycles. The molecular formula is C25H22F4N4O3. The van der Waals surface area contributed by atoms with Crippen LogP contribution in [0.4, 0.5) is 23.2 Å². The molecule has 5 rings (SSSR count). The first-order valence-corrected chi connectivity index (χ1v) is 11.4. The molecule has 188 valence electrons. The van der Waals surface area contributed by atoms with Crippen LogP contribution in [0.25, 0.3) is 10.9 Å². The molecule has 0 atom stereocenters. The van der Waals surface area contributed by atoms with E-state index in [0.29, 0.717) is 42.9 Å². The van der Waals surface area contributed by atoms with Gasteiger partial charge in [-0.05, 0) is 42.7 Å². The van der Waals surface area contributed by atoms with E-state index in [1.54, 1.807) is 15.6 Å². The normalized spacial score (nSPS) is 16.8. The van der Waals surface area contributed by atoms with Gasteiger partial charge in [-0.1, -0.05) is 12.1 Å². The number of carbonyl (C=O) groups is 1. The minimum absolute atomic E-state index is 0.0443. The van der Waals surface area contributed by atoms with Gasteiger partial charge in [-0.2, -0.15) is 18.3 Å². The molecule has 1 N–H and O–H groups in total. The second-order valence-electron chi connectivity index (χ2n) is 8.94. The topological polar surface area (TPSA) is 78.1 Å². The molecule has 0 radical (unpaired) electrons. The number of aromatic nitrogens is 1. The van der Waals surface area contributed by atoms with Gasteiger partial charge in [-0.3, -0.25) is 9.80 Å². The van der Waals surface area contributed by atoms with Crippen LogP contribution in [-0.4, -0.2) is 53.0 Å². The molecule has 11 heteroatoms. The Morgan fingerprint density at radius 2 is 1.72 bits per heavy atom. The van der Waals surface area contributed by atoms with Crippen LogP contribution >= 0.6 is 0 Å². The molecule has 1 aromatic heterocycles. The lowest BCUT2D eigenvalue weighted by atomic mass is 10.1. The highest BCUT2D eigenvalue weighted by Crippen LogP contribution is 2.38. The maximum Gasteiger partial charge on any atom is 0.416 e. The number of hydrazone groups is 1. The molecule has 36 heavy (non-hydrogen) atoms. The second kappa shape index (κ2) is 8.96. The summed E-state index contributed by atoms with van der Waals surface area (Å²) in [4.78, 5) is 26.0. The van der Waals surface area contributed by atoms with E-state index in [0.717, 1.165) is 31.0 Å². The van der Waals surface area contributed by atoms with Crippen LogP contribution in [-0.2, 0) is 6.18 Å². The van der Waals surface area contributed by atoms with E-state index in [9.17, 15) is 27.9 Å². The van der Waals surface area contributed by atoms with Crippen LogP contribution in [0.2, 0.25) is 0 Å². The maximum atomic E-state index is 15.1. The predicted octanol–water partition coefficient (Wildman–Crippen LogP) is 4.35. The van der Waals surface area contributed by atoms with Gasteiger partial charge in [0.1, 0.15) is 11.4 Å². The summed E-state index contributed by atoms with van der Waals surface area (Å²) in [5.41, 5.74) is -0.442. The number of piperazine rings is 1. The van der Waals surface area contributed by atoms with Crippen molar-refractivity contribution in [2.24, 2.45) is 5.10 Å². The summed E-state index contributed by atoms with van der Waals surface area (Å²) in [6, 6.07) is 7.51. The minimum atomic E-state index is -4.39. The monoisotopic (exact) mass is 502 g/mol. The lowest BCUT2D eigenvalue weighted by molar-refractivity contribution is -0.137. The van der Waals surface area contributed by atoms with Crippen LogP contribution in [0.1, 0.15) is 40.4 Å². The highest BCUT2D eigenvalue weighted by Gasteiger charge is 2.30. The average molecular weight is 502 g/mol. The second-order valence-corrected chi connectivity index (χ2v) is 8.94. The number of hydrogen-bond donors (Lipinski definition) is 1. The van der Waals surface area contributed by atoms with Crippen molar-refractivity contribution in [1.29, 1.82) is 0 Å². The molecule has 0 amide bonds. The minimum Gasteiger partial charge on any atom is -0.477 e. The van der Waals surface area contributed by atoms with E-state index in [4.69, 9.17) is 0 Å². The van der Waals surface area contributed by atoms with Gasteiger partial charge in [0.25, 0.3) is 0 Å². The van der Waals surface area contributed by atoms with Crippen LogP contribution in [0.3, 0.4) is 0 Å². The Morgan fingerprint density at radius 1 is 1.06 bits per heavy atom. The molecule has 1 aliphatic heterocycles. The van der Waals surface area contributed by atoms with Gasteiger partial charge in [0.2, 0.25) is 5.43 Å². The number of benzene rings is 2. The Kier molecular flexibility index (Phi) is 5.93. The van der Waals surface area contributed by atoms with Crippen LogP contribution in [0, 0.1) is 5.82 Å². The molecular weight excluding hydrogens is 480 g/mol. The van der Waals surface area contributed by atoms with E-state index < -0.39 is 29.0 Å². The third-order valence-electron chi connectivity index (χ3n) is 6.48. The van der Waals surface area contributed by atoms with Crippen molar-refractivity contribution in [3.63, 3.8) is 0 Å². The molecule has 2 fully saturated rings. The Morgan fingerprint density at radius 3 is 2.31 bits per heavy atom. The largest absolute Gasteiger partial charge is 0.477 e. The predicted molar refractivity (Wildman–Crippen MR) is 126 cm³/mol. The number of anilines is 1. The zero-order valence-corrected chi connectivity index (χ0v) is 19.0. The number of pyridine rings is 1. The lowest BCUT2D eigenvalue weighted by Gasteiger charge is -2.35. The van der Waals surface area contributed by atoms with Gasteiger partial charge >= 0.3 is 12.1 Å². The Bertz CT molecular complexity index is 1400. The highest BCUT2D eigenvalue weighted by molar-refractivity contribution is 5.93. The Labute approximate surface area is 202 Å². The van der Waals surface area contributed by atoms with Crippen molar-refractivity contribution in [2.45, 2.75) is 25.1 Å². The first kappa shape index (κ1) is 23.8. The first-order valence-electron chi connectivity index (χ1n) is 11.4. The van der Waals surface area contributed by atoms with Crippen molar-refractivity contribution in [2.75, 3.05) is 31.1 Å². The van der Waals surface area contributed by atoms with Crippen molar-refractivity contribution < 1.29 is 27.5 Å². The van der Waals surface area contributed by atoms with E-state index in [1.807, 2.05) is 4.90 Å². The van der Waals surface area contributed by atoms with Gasteiger partial charge in [-0.25, -0.2) is 9.18 Å². The van der Waals surface area contributed by atoms with Gasteiger partial charge < -0.3 is 14.6 Å². The number of alkyl halides is 3. The van der Waals surface area contributed by atoms with E-state index in [1.165, 1.54) is 24.5 Å². The molecule has 7 nitrogen and oxygen atoms in total. The number of rotatable bonds is 5. The van der Waals surface area contributed by atoms with Gasteiger partial charge in [0.05, 0.1) is 36.1 Å². The number of halogens is 4. The molecule has 0 bridgehead atoms. The summed E-state index contributed by atoms with van der Waals surface area (Å²) in [5, 5.41) is 15.5. The summed E-state index contributed by atoms with van der Waals surface area (Å²) >= 11 is 0. The molecule has 0 spiro atoms. The molecule has 1 aliphatic carbocycles. The highest BCUT2D eigenvalue weighted by atomic mass is 19.4. The third-order valence-corrected chi connectivity index (χ3v) is 6.48. The zero-order chi connectivity index (χ0) is 25.6. The Balaban J connectivity index is 1.33. The number of carboxylic acids is 1. The number of nitrogens with zero attached hydrogens (tertiary/aromatic N) is 4. The first-order chi connectivity index (χ1) is 17.1. The molecule has 0 unspecified atom stereocenters.